The van der Waals surface area contributed by atoms with Gasteiger partial charge in [0.05, 0.1) is 20.1 Å². The van der Waals surface area contributed by atoms with E-state index in [2.05, 4.69) is 10.1 Å². The van der Waals surface area contributed by atoms with Gasteiger partial charge in [-0.3, -0.25) is 9.59 Å². The van der Waals surface area contributed by atoms with Crippen LogP contribution in [0.2, 0.25) is 0 Å². The average Bonchev–Trinajstić information content (AvgIpc) is 2.39. The molecule has 0 fully saturated rings. The summed E-state index contributed by atoms with van der Waals surface area (Å²) in [4.78, 5) is 22.5. The van der Waals surface area contributed by atoms with Gasteiger partial charge in [-0.1, -0.05) is 12.1 Å². The van der Waals surface area contributed by atoms with Gasteiger partial charge in [0.1, 0.15) is 0 Å². The predicted octanol–water partition coefficient (Wildman–Crippen LogP) is 1.13. The molecule has 0 radical (unpaired) electrons. The van der Waals surface area contributed by atoms with E-state index in [9.17, 15) is 9.59 Å². The third-order valence-corrected chi connectivity index (χ3v) is 2.37. The second-order valence-corrected chi connectivity index (χ2v) is 3.71. The first kappa shape index (κ1) is 14.2. The van der Waals surface area contributed by atoms with Gasteiger partial charge >= 0.3 is 5.97 Å². The molecule has 1 amide bonds. The summed E-state index contributed by atoms with van der Waals surface area (Å²) in [5, 5.41) is 2.64. The molecule has 0 aromatic heterocycles. The van der Waals surface area contributed by atoms with E-state index in [1.165, 1.54) is 7.11 Å². The van der Waals surface area contributed by atoms with Crippen LogP contribution in [0.25, 0.3) is 0 Å². The Hall–Kier alpha value is -1.88. The predicted molar refractivity (Wildman–Crippen MR) is 66.1 cm³/mol. The van der Waals surface area contributed by atoms with Crippen molar-refractivity contribution < 1.29 is 19.1 Å². The highest BCUT2D eigenvalue weighted by atomic mass is 16.5. The van der Waals surface area contributed by atoms with Crippen molar-refractivity contribution in [3.05, 3.63) is 35.4 Å². The zero-order chi connectivity index (χ0) is 13.4. The minimum atomic E-state index is -0.342. The zero-order valence-electron chi connectivity index (χ0n) is 10.6. The number of carbonyl (C=O) groups is 2. The quantitative estimate of drug-likeness (QED) is 0.770. The minimum Gasteiger partial charge on any atom is -0.469 e. The van der Waals surface area contributed by atoms with Crippen LogP contribution in [0.5, 0.6) is 0 Å². The molecule has 0 heterocycles. The maximum atomic E-state index is 11.7. The van der Waals surface area contributed by atoms with Gasteiger partial charge in [-0.25, -0.2) is 0 Å². The van der Waals surface area contributed by atoms with E-state index in [0.29, 0.717) is 12.2 Å². The number of hydrogen-bond acceptors (Lipinski definition) is 4. The Balaban J connectivity index is 2.44. The van der Waals surface area contributed by atoms with Gasteiger partial charge in [0.2, 0.25) is 0 Å². The molecular formula is C13H17NO4. The first-order valence-electron chi connectivity index (χ1n) is 5.60. The van der Waals surface area contributed by atoms with Crippen molar-refractivity contribution in [3.63, 3.8) is 0 Å². The number of rotatable bonds is 6. The van der Waals surface area contributed by atoms with Gasteiger partial charge in [0.25, 0.3) is 5.91 Å². The molecule has 1 aromatic rings. The molecule has 0 aliphatic carbocycles. The Morgan fingerprint density at radius 2 is 1.83 bits per heavy atom. The first-order valence-corrected chi connectivity index (χ1v) is 5.60. The smallest absolute Gasteiger partial charge is 0.307 e. The van der Waals surface area contributed by atoms with Crippen LogP contribution in [0.15, 0.2) is 24.3 Å². The summed E-state index contributed by atoms with van der Waals surface area (Å²) >= 11 is 0. The van der Waals surface area contributed by atoms with Crippen LogP contribution >= 0.6 is 0 Å². The van der Waals surface area contributed by atoms with Crippen LogP contribution in [0.1, 0.15) is 22.3 Å². The fourth-order valence-electron chi connectivity index (χ4n) is 1.40. The normalized spacial score (nSPS) is 9.89. The average molecular weight is 251 g/mol. The van der Waals surface area contributed by atoms with E-state index in [0.717, 1.165) is 5.56 Å². The van der Waals surface area contributed by atoms with Gasteiger partial charge in [0, 0.05) is 19.2 Å². The van der Waals surface area contributed by atoms with Gasteiger partial charge in [-0.15, -0.1) is 0 Å². The zero-order valence-corrected chi connectivity index (χ0v) is 10.6. The lowest BCUT2D eigenvalue weighted by Gasteiger charge is -2.05. The number of hydrogen-bond donors (Lipinski definition) is 1. The molecule has 1 N–H and O–H groups in total. The Labute approximate surface area is 106 Å². The lowest BCUT2D eigenvalue weighted by Crippen LogP contribution is -2.26. The van der Waals surface area contributed by atoms with Crippen molar-refractivity contribution in [1.29, 1.82) is 0 Å². The Kier molecular flexibility index (Phi) is 5.87. The number of ether oxygens (including phenoxy) is 2. The van der Waals surface area contributed by atoms with E-state index in [4.69, 9.17) is 4.74 Å². The monoisotopic (exact) mass is 251 g/mol. The molecule has 5 nitrogen and oxygen atoms in total. The summed E-state index contributed by atoms with van der Waals surface area (Å²) in [5.41, 5.74) is 1.56. The fraction of sp³-hybridized carbons (Fsp3) is 0.385. The molecule has 0 unspecified atom stereocenters. The molecule has 0 saturated carbocycles. The van der Waals surface area contributed by atoms with Gasteiger partial charge in [-0.05, 0) is 17.7 Å². The van der Waals surface area contributed by atoms with Gasteiger partial charge in [-0.2, -0.15) is 0 Å². The lowest BCUT2D eigenvalue weighted by atomic mass is 10.1. The molecule has 98 valence electrons. The molecule has 0 bridgehead atoms. The van der Waals surface area contributed by atoms with Crippen LogP contribution in [0.3, 0.4) is 0 Å². The molecule has 18 heavy (non-hydrogen) atoms. The van der Waals surface area contributed by atoms with Crippen LogP contribution in [-0.2, 0) is 20.9 Å². The van der Waals surface area contributed by atoms with Crippen molar-refractivity contribution in [1.82, 2.24) is 5.32 Å². The number of esters is 1. The van der Waals surface area contributed by atoms with Crippen LogP contribution in [0, 0.1) is 0 Å². The van der Waals surface area contributed by atoms with Crippen molar-refractivity contribution >= 4 is 11.9 Å². The first-order chi connectivity index (χ1) is 8.67. The van der Waals surface area contributed by atoms with E-state index in [-0.39, 0.29) is 24.8 Å². The molecule has 0 atom stereocenters. The molecule has 1 aromatic carbocycles. The topological polar surface area (TPSA) is 64.6 Å². The highest BCUT2D eigenvalue weighted by Crippen LogP contribution is 2.05. The summed E-state index contributed by atoms with van der Waals surface area (Å²) in [6, 6.07) is 7.11. The highest BCUT2D eigenvalue weighted by Gasteiger charge is 2.06. The summed E-state index contributed by atoms with van der Waals surface area (Å²) in [7, 11) is 2.94. The van der Waals surface area contributed by atoms with Crippen LogP contribution < -0.4 is 5.32 Å². The van der Waals surface area contributed by atoms with Crippen molar-refractivity contribution in [2.24, 2.45) is 0 Å². The van der Waals surface area contributed by atoms with Crippen molar-refractivity contribution in [3.8, 4) is 0 Å². The van der Waals surface area contributed by atoms with Crippen LogP contribution in [0.4, 0.5) is 0 Å². The SMILES string of the molecule is COCc1ccc(C(=O)NCCC(=O)OC)cc1. The number of carbonyl (C=O) groups excluding carboxylic acids is 2. The van der Waals surface area contributed by atoms with E-state index in [1.54, 1.807) is 19.2 Å². The van der Waals surface area contributed by atoms with Crippen molar-refractivity contribution in [2.45, 2.75) is 13.0 Å². The summed E-state index contributed by atoms with van der Waals surface area (Å²) < 4.78 is 9.46. The second kappa shape index (κ2) is 7.45. The number of methoxy groups -OCH3 is 2. The Bertz CT molecular complexity index is 400. The van der Waals surface area contributed by atoms with Gasteiger partial charge in [0.15, 0.2) is 0 Å². The van der Waals surface area contributed by atoms with E-state index < -0.39 is 0 Å². The minimum absolute atomic E-state index is 0.171. The second-order valence-electron chi connectivity index (χ2n) is 3.71. The molecule has 0 aliphatic rings. The Morgan fingerprint density at radius 3 is 2.39 bits per heavy atom. The Morgan fingerprint density at radius 1 is 1.17 bits per heavy atom. The van der Waals surface area contributed by atoms with Crippen molar-refractivity contribution in [2.75, 3.05) is 20.8 Å². The third kappa shape index (κ3) is 4.55. The van der Waals surface area contributed by atoms with E-state index in [1.807, 2.05) is 12.1 Å². The molecule has 0 aliphatic heterocycles. The molecule has 0 spiro atoms. The largest absolute Gasteiger partial charge is 0.469 e. The summed E-state index contributed by atoms with van der Waals surface area (Å²) in [6.07, 6.45) is 0.171. The summed E-state index contributed by atoms with van der Waals surface area (Å²) in [6.45, 7) is 0.787. The standard InChI is InChI=1S/C13H17NO4/c1-17-9-10-3-5-11(6-4-10)13(16)14-8-7-12(15)18-2/h3-6H,7-9H2,1-2H3,(H,14,16). The van der Waals surface area contributed by atoms with Gasteiger partial charge < -0.3 is 14.8 Å². The lowest BCUT2D eigenvalue weighted by molar-refractivity contribution is -0.140. The molecular weight excluding hydrogens is 234 g/mol. The molecule has 5 heteroatoms. The maximum absolute atomic E-state index is 11.7. The third-order valence-electron chi connectivity index (χ3n) is 2.37. The maximum Gasteiger partial charge on any atom is 0.307 e. The highest BCUT2D eigenvalue weighted by molar-refractivity contribution is 5.94. The van der Waals surface area contributed by atoms with Crippen LogP contribution in [-0.4, -0.2) is 32.6 Å². The number of amides is 1. The molecule has 0 saturated heterocycles. The summed E-state index contributed by atoms with van der Waals surface area (Å²) in [5.74, 6) is -0.548. The molecule has 1 rings (SSSR count). The van der Waals surface area contributed by atoms with E-state index >= 15 is 0 Å². The number of benzene rings is 1. The number of nitrogens with one attached hydrogen (secondary N) is 1. The fourth-order valence-corrected chi connectivity index (χ4v) is 1.40.